The van der Waals surface area contributed by atoms with Crippen molar-refractivity contribution in [3.05, 3.63) is 16.6 Å². The SMILES string of the molecule is OCC1CCCCCN1Cc1nccs1. The zero-order valence-electron chi connectivity index (χ0n) is 8.93. The lowest BCUT2D eigenvalue weighted by atomic mass is 10.1. The fraction of sp³-hybridized carbons (Fsp3) is 0.727. The molecule has 15 heavy (non-hydrogen) atoms. The monoisotopic (exact) mass is 226 g/mol. The van der Waals surface area contributed by atoms with Crippen LogP contribution in [-0.2, 0) is 6.54 Å². The van der Waals surface area contributed by atoms with Crippen LogP contribution in [0.3, 0.4) is 0 Å². The van der Waals surface area contributed by atoms with Crippen LogP contribution in [0, 0.1) is 0 Å². The molecule has 3 nitrogen and oxygen atoms in total. The molecule has 0 spiro atoms. The van der Waals surface area contributed by atoms with Gasteiger partial charge in [-0.3, -0.25) is 4.90 Å². The molecule has 0 amide bonds. The van der Waals surface area contributed by atoms with Crippen molar-refractivity contribution in [1.82, 2.24) is 9.88 Å². The first kappa shape index (κ1) is 11.0. The normalized spacial score (nSPS) is 23.9. The minimum Gasteiger partial charge on any atom is -0.395 e. The minimum atomic E-state index is 0.283. The molecule has 1 unspecified atom stereocenters. The topological polar surface area (TPSA) is 36.4 Å². The average Bonchev–Trinajstić information content (AvgIpc) is 2.64. The Morgan fingerprint density at radius 1 is 1.47 bits per heavy atom. The van der Waals surface area contributed by atoms with Crippen molar-refractivity contribution in [3.63, 3.8) is 0 Å². The van der Waals surface area contributed by atoms with Gasteiger partial charge >= 0.3 is 0 Å². The van der Waals surface area contributed by atoms with Gasteiger partial charge in [0.25, 0.3) is 0 Å². The number of hydrogen-bond acceptors (Lipinski definition) is 4. The lowest BCUT2D eigenvalue weighted by molar-refractivity contribution is 0.118. The Kier molecular flexibility index (Phi) is 4.11. The van der Waals surface area contributed by atoms with Crippen molar-refractivity contribution >= 4 is 11.3 Å². The Morgan fingerprint density at radius 2 is 2.40 bits per heavy atom. The number of aromatic nitrogens is 1. The highest BCUT2D eigenvalue weighted by atomic mass is 32.1. The predicted octanol–water partition coefficient (Wildman–Crippen LogP) is 1.88. The Labute approximate surface area is 94.8 Å². The van der Waals surface area contributed by atoms with E-state index in [1.807, 2.05) is 11.6 Å². The first-order valence-corrected chi connectivity index (χ1v) is 6.51. The lowest BCUT2D eigenvalue weighted by Gasteiger charge is -2.27. The molecule has 1 atom stereocenters. The number of nitrogens with zero attached hydrogens (tertiary/aromatic N) is 2. The second-order valence-corrected chi connectivity index (χ2v) is 5.06. The molecule has 0 aliphatic carbocycles. The third-order valence-electron chi connectivity index (χ3n) is 3.03. The molecule has 4 heteroatoms. The summed E-state index contributed by atoms with van der Waals surface area (Å²) in [6, 6.07) is 0.344. The molecule has 0 saturated carbocycles. The van der Waals surface area contributed by atoms with Crippen molar-refractivity contribution < 1.29 is 5.11 Å². The molecular formula is C11H18N2OS. The highest BCUT2D eigenvalue weighted by molar-refractivity contribution is 7.09. The van der Waals surface area contributed by atoms with E-state index in [9.17, 15) is 5.11 Å². The molecule has 1 aliphatic rings. The minimum absolute atomic E-state index is 0.283. The molecule has 0 aromatic carbocycles. The molecule has 1 N–H and O–H groups in total. The van der Waals surface area contributed by atoms with Crippen LogP contribution < -0.4 is 0 Å². The Morgan fingerprint density at radius 3 is 3.13 bits per heavy atom. The second kappa shape index (κ2) is 5.58. The second-order valence-electron chi connectivity index (χ2n) is 4.08. The van der Waals surface area contributed by atoms with Gasteiger partial charge in [0.2, 0.25) is 0 Å². The molecular weight excluding hydrogens is 208 g/mol. The van der Waals surface area contributed by atoms with E-state index in [0.717, 1.165) is 24.5 Å². The van der Waals surface area contributed by atoms with Gasteiger partial charge in [-0.15, -0.1) is 11.3 Å². The largest absolute Gasteiger partial charge is 0.395 e. The van der Waals surface area contributed by atoms with Crippen molar-refractivity contribution in [3.8, 4) is 0 Å². The summed E-state index contributed by atoms with van der Waals surface area (Å²) in [6.45, 7) is 2.29. The summed E-state index contributed by atoms with van der Waals surface area (Å²) in [4.78, 5) is 6.69. The summed E-state index contributed by atoms with van der Waals surface area (Å²) in [6.07, 6.45) is 6.78. The Bertz CT molecular complexity index is 276. The van der Waals surface area contributed by atoms with Crippen molar-refractivity contribution in [2.45, 2.75) is 38.3 Å². The van der Waals surface area contributed by atoms with Gasteiger partial charge in [0.1, 0.15) is 5.01 Å². The van der Waals surface area contributed by atoms with E-state index < -0.39 is 0 Å². The van der Waals surface area contributed by atoms with Crippen LogP contribution in [0.5, 0.6) is 0 Å². The molecule has 1 fully saturated rings. The van der Waals surface area contributed by atoms with Crippen molar-refractivity contribution in [2.75, 3.05) is 13.2 Å². The van der Waals surface area contributed by atoms with Crippen molar-refractivity contribution in [2.24, 2.45) is 0 Å². The Balaban J connectivity index is 1.97. The number of aliphatic hydroxyl groups excluding tert-OH is 1. The molecule has 2 rings (SSSR count). The average molecular weight is 226 g/mol. The van der Waals surface area contributed by atoms with Crippen LogP contribution in [0.2, 0.25) is 0 Å². The standard InChI is InChI=1S/C11H18N2OS/c14-9-10-4-2-1-3-6-13(10)8-11-12-5-7-15-11/h5,7,10,14H,1-4,6,8-9H2. The van der Waals surface area contributed by atoms with Crippen LogP contribution >= 0.6 is 11.3 Å². The van der Waals surface area contributed by atoms with Gasteiger partial charge in [-0.05, 0) is 19.4 Å². The van der Waals surface area contributed by atoms with Gasteiger partial charge in [0.05, 0.1) is 13.2 Å². The fourth-order valence-corrected chi connectivity index (χ4v) is 2.80. The summed E-state index contributed by atoms with van der Waals surface area (Å²) in [5.41, 5.74) is 0. The van der Waals surface area contributed by atoms with Crippen LogP contribution in [-0.4, -0.2) is 34.2 Å². The number of likely N-dealkylation sites (tertiary alicyclic amines) is 1. The molecule has 1 aliphatic heterocycles. The van der Waals surface area contributed by atoms with E-state index in [1.165, 1.54) is 19.3 Å². The van der Waals surface area contributed by atoms with Gasteiger partial charge in [0.15, 0.2) is 0 Å². The maximum Gasteiger partial charge on any atom is 0.107 e. The summed E-state index contributed by atoms with van der Waals surface area (Å²) in [5, 5.41) is 12.5. The predicted molar refractivity (Wildman–Crippen MR) is 61.9 cm³/mol. The van der Waals surface area contributed by atoms with E-state index in [1.54, 1.807) is 11.3 Å². The lowest BCUT2D eigenvalue weighted by Crippen LogP contribution is -2.36. The number of aliphatic hydroxyl groups is 1. The quantitative estimate of drug-likeness (QED) is 0.855. The maximum absolute atomic E-state index is 9.36. The molecule has 1 aromatic rings. The third kappa shape index (κ3) is 3.00. The molecule has 84 valence electrons. The summed E-state index contributed by atoms with van der Waals surface area (Å²) in [7, 11) is 0. The maximum atomic E-state index is 9.36. The molecule has 0 bridgehead atoms. The smallest absolute Gasteiger partial charge is 0.107 e. The van der Waals surface area contributed by atoms with E-state index in [2.05, 4.69) is 9.88 Å². The van der Waals surface area contributed by atoms with Gasteiger partial charge in [-0.1, -0.05) is 12.8 Å². The van der Waals surface area contributed by atoms with Gasteiger partial charge in [-0.25, -0.2) is 4.98 Å². The molecule has 0 radical (unpaired) electrons. The summed E-state index contributed by atoms with van der Waals surface area (Å²) >= 11 is 1.70. The van der Waals surface area contributed by atoms with Crippen LogP contribution in [0.1, 0.15) is 30.7 Å². The first-order valence-electron chi connectivity index (χ1n) is 5.63. The third-order valence-corrected chi connectivity index (χ3v) is 3.80. The van der Waals surface area contributed by atoms with E-state index in [-0.39, 0.29) is 6.61 Å². The van der Waals surface area contributed by atoms with Crippen LogP contribution in [0.25, 0.3) is 0 Å². The zero-order chi connectivity index (χ0) is 10.5. The summed E-state index contributed by atoms with van der Waals surface area (Å²) < 4.78 is 0. The van der Waals surface area contributed by atoms with Gasteiger partial charge < -0.3 is 5.11 Å². The summed E-state index contributed by atoms with van der Waals surface area (Å²) in [5.74, 6) is 0. The zero-order valence-corrected chi connectivity index (χ0v) is 9.75. The number of thiazole rings is 1. The van der Waals surface area contributed by atoms with E-state index in [0.29, 0.717) is 6.04 Å². The molecule has 1 saturated heterocycles. The van der Waals surface area contributed by atoms with Gasteiger partial charge in [-0.2, -0.15) is 0 Å². The fourth-order valence-electron chi connectivity index (χ4n) is 2.16. The highest BCUT2D eigenvalue weighted by Gasteiger charge is 2.20. The number of hydrogen-bond donors (Lipinski definition) is 1. The van der Waals surface area contributed by atoms with Crippen molar-refractivity contribution in [1.29, 1.82) is 0 Å². The Hall–Kier alpha value is -0.450. The van der Waals surface area contributed by atoms with E-state index in [4.69, 9.17) is 0 Å². The molecule has 2 heterocycles. The first-order chi connectivity index (χ1) is 7.40. The highest BCUT2D eigenvalue weighted by Crippen LogP contribution is 2.19. The van der Waals surface area contributed by atoms with Gasteiger partial charge in [0, 0.05) is 17.6 Å². The van der Waals surface area contributed by atoms with E-state index >= 15 is 0 Å². The van der Waals surface area contributed by atoms with Crippen LogP contribution in [0.15, 0.2) is 11.6 Å². The molecule has 1 aromatic heterocycles. The number of rotatable bonds is 3. The van der Waals surface area contributed by atoms with Crippen LogP contribution in [0.4, 0.5) is 0 Å².